The smallest absolute Gasteiger partial charge is 0.412 e. The minimum absolute atomic E-state index is 0.133. The predicted octanol–water partition coefficient (Wildman–Crippen LogP) is 2.51. The summed E-state index contributed by atoms with van der Waals surface area (Å²) in [7, 11) is 0. The summed E-state index contributed by atoms with van der Waals surface area (Å²) in [6.07, 6.45) is 3.39. The maximum atomic E-state index is 12.6. The molecule has 8 nitrogen and oxygen atoms in total. The molecule has 8 heteroatoms. The number of carbonyl (C=O) groups excluding carboxylic acids is 1. The number of phenolic OH excluding ortho intramolecular Hbond substituents is 1. The van der Waals surface area contributed by atoms with Crippen molar-refractivity contribution in [1.82, 2.24) is 25.4 Å². The molecule has 3 aromatic rings. The van der Waals surface area contributed by atoms with Gasteiger partial charge in [0.05, 0.1) is 17.3 Å². The minimum Gasteiger partial charge on any atom is -0.508 e. The topological polar surface area (TPSA) is 103 Å². The summed E-state index contributed by atoms with van der Waals surface area (Å²) in [5.74, 6) is 1.11. The summed E-state index contributed by atoms with van der Waals surface area (Å²) in [6.45, 7) is 3.12. The van der Waals surface area contributed by atoms with Crippen LogP contribution in [0.4, 0.5) is 4.79 Å². The van der Waals surface area contributed by atoms with Crippen molar-refractivity contribution >= 4 is 17.1 Å². The lowest BCUT2D eigenvalue weighted by Gasteiger charge is -2.44. The van der Waals surface area contributed by atoms with Gasteiger partial charge in [-0.15, -0.1) is 0 Å². The van der Waals surface area contributed by atoms with Gasteiger partial charge in [0.15, 0.2) is 5.65 Å². The largest absolute Gasteiger partial charge is 0.508 e. The van der Waals surface area contributed by atoms with E-state index in [0.717, 1.165) is 38.0 Å². The van der Waals surface area contributed by atoms with Gasteiger partial charge in [-0.2, -0.15) is 5.10 Å². The Hall–Kier alpha value is -3.13. The minimum atomic E-state index is -0.455. The van der Waals surface area contributed by atoms with E-state index in [0.29, 0.717) is 28.4 Å². The molecule has 0 saturated carbocycles. The van der Waals surface area contributed by atoms with Crippen LogP contribution in [0.1, 0.15) is 12.8 Å². The molecule has 3 fully saturated rings. The number of amides is 1. The van der Waals surface area contributed by atoms with Crippen LogP contribution in [-0.2, 0) is 0 Å². The number of H-pyrrole nitrogens is 1. The summed E-state index contributed by atoms with van der Waals surface area (Å²) in [6, 6.07) is 8.56. The first-order chi connectivity index (χ1) is 13.7. The number of carbonyl (C=O) groups is 1. The Morgan fingerprint density at radius 3 is 2.75 bits per heavy atom. The van der Waals surface area contributed by atoms with Gasteiger partial charge in [0.25, 0.3) is 0 Å². The van der Waals surface area contributed by atoms with Crippen LogP contribution in [0, 0.1) is 5.92 Å². The van der Waals surface area contributed by atoms with E-state index >= 15 is 0 Å². The Labute approximate surface area is 161 Å². The number of ether oxygens (including phenoxy) is 1. The zero-order chi connectivity index (χ0) is 19.1. The lowest BCUT2D eigenvalue weighted by molar-refractivity contribution is 0.0725. The molecule has 28 heavy (non-hydrogen) atoms. The highest BCUT2D eigenvalue weighted by molar-refractivity contribution is 5.87. The highest BCUT2D eigenvalue weighted by Gasteiger charge is 2.35. The molecule has 3 N–H and O–H groups in total. The van der Waals surface area contributed by atoms with E-state index in [9.17, 15) is 9.90 Å². The number of phenols is 1. The van der Waals surface area contributed by atoms with E-state index in [1.807, 2.05) is 0 Å². The van der Waals surface area contributed by atoms with Crippen LogP contribution in [0.15, 0.2) is 36.5 Å². The number of hydrogen-bond acceptors (Lipinski definition) is 6. The second-order valence-electron chi connectivity index (χ2n) is 7.46. The fourth-order valence-electron chi connectivity index (χ4n) is 4.17. The third-order valence-corrected chi connectivity index (χ3v) is 5.71. The van der Waals surface area contributed by atoms with Crippen molar-refractivity contribution in [1.29, 1.82) is 0 Å². The van der Waals surface area contributed by atoms with Crippen molar-refractivity contribution < 1.29 is 14.6 Å². The van der Waals surface area contributed by atoms with Gasteiger partial charge in [-0.05, 0) is 56.1 Å². The summed E-state index contributed by atoms with van der Waals surface area (Å²) >= 11 is 0. The first-order valence-electron chi connectivity index (χ1n) is 9.50. The number of pyridine rings is 1. The maximum Gasteiger partial charge on any atom is 0.412 e. The average molecular weight is 379 g/mol. The van der Waals surface area contributed by atoms with Crippen LogP contribution in [0.5, 0.6) is 11.5 Å². The average Bonchev–Trinajstić information content (AvgIpc) is 3.18. The molecule has 0 unspecified atom stereocenters. The van der Waals surface area contributed by atoms with Crippen molar-refractivity contribution in [2.45, 2.75) is 18.9 Å². The number of piperidine rings is 3. The maximum absolute atomic E-state index is 12.6. The predicted molar refractivity (Wildman–Crippen MR) is 103 cm³/mol. The summed E-state index contributed by atoms with van der Waals surface area (Å²) < 4.78 is 5.66. The molecule has 2 aromatic heterocycles. The number of benzene rings is 1. The Kier molecular flexibility index (Phi) is 4.12. The van der Waals surface area contributed by atoms with Crippen molar-refractivity contribution in [3.8, 4) is 22.8 Å². The Bertz CT molecular complexity index is 1010. The lowest BCUT2D eigenvalue weighted by atomic mass is 9.84. The van der Waals surface area contributed by atoms with Crippen LogP contribution in [0.3, 0.4) is 0 Å². The van der Waals surface area contributed by atoms with Gasteiger partial charge in [-0.1, -0.05) is 0 Å². The normalized spacial score (nSPS) is 23.6. The highest BCUT2D eigenvalue weighted by Crippen LogP contribution is 2.31. The van der Waals surface area contributed by atoms with E-state index < -0.39 is 6.09 Å². The molecule has 5 heterocycles. The van der Waals surface area contributed by atoms with Crippen LogP contribution in [0.25, 0.3) is 22.3 Å². The van der Waals surface area contributed by atoms with Gasteiger partial charge in [0.2, 0.25) is 0 Å². The van der Waals surface area contributed by atoms with Crippen LogP contribution in [0.2, 0.25) is 0 Å². The number of aromatic hydroxyl groups is 1. The molecule has 3 aliphatic heterocycles. The number of aromatic amines is 1. The molecule has 144 valence electrons. The van der Waals surface area contributed by atoms with Gasteiger partial charge in [-0.3, -0.25) is 5.10 Å². The van der Waals surface area contributed by atoms with Crippen LogP contribution >= 0.6 is 0 Å². The quantitative estimate of drug-likeness (QED) is 0.646. The van der Waals surface area contributed by atoms with E-state index in [4.69, 9.17) is 4.74 Å². The number of nitrogens with one attached hydrogen (secondary N) is 2. The highest BCUT2D eigenvalue weighted by atomic mass is 16.6. The van der Waals surface area contributed by atoms with Gasteiger partial charge in [-0.25, -0.2) is 9.78 Å². The fraction of sp³-hybridized carbons (Fsp3) is 0.350. The number of aromatic nitrogens is 3. The molecule has 1 aromatic carbocycles. The zero-order valence-electron chi connectivity index (χ0n) is 15.3. The van der Waals surface area contributed by atoms with Gasteiger partial charge < -0.3 is 20.1 Å². The van der Waals surface area contributed by atoms with Gasteiger partial charge >= 0.3 is 6.09 Å². The molecule has 0 radical (unpaired) electrons. The molecule has 3 aliphatic rings. The Morgan fingerprint density at radius 1 is 1.25 bits per heavy atom. The first-order valence-corrected chi connectivity index (χ1v) is 9.50. The summed E-state index contributed by atoms with van der Waals surface area (Å²) in [4.78, 5) is 19.5. The second kappa shape index (κ2) is 6.79. The molecule has 0 aliphatic carbocycles. The molecule has 2 bridgehead atoms. The monoisotopic (exact) mass is 379 g/mol. The van der Waals surface area contributed by atoms with E-state index in [-0.39, 0.29) is 11.8 Å². The summed E-state index contributed by atoms with van der Waals surface area (Å²) in [5.41, 5.74) is 1.97. The zero-order valence-corrected chi connectivity index (χ0v) is 15.3. The van der Waals surface area contributed by atoms with E-state index in [2.05, 4.69) is 25.4 Å². The third kappa shape index (κ3) is 3.16. The fourth-order valence-corrected chi connectivity index (χ4v) is 4.17. The lowest BCUT2D eigenvalue weighted by Crippen LogP contribution is -2.57. The van der Waals surface area contributed by atoms with E-state index in [1.165, 1.54) is 0 Å². The van der Waals surface area contributed by atoms with E-state index in [1.54, 1.807) is 36.5 Å². The molecule has 0 spiro atoms. The molecule has 1 atom stereocenters. The first kappa shape index (κ1) is 17.0. The molecular weight excluding hydrogens is 358 g/mol. The third-order valence-electron chi connectivity index (χ3n) is 5.71. The summed E-state index contributed by atoms with van der Waals surface area (Å²) in [5, 5.41) is 20.0. The standard InChI is InChI=1S/C20H21N5O3/c26-14-3-1-12(2-4-14)16-9-18(15-10-21-24-19(15)22-16)28-20(27)23-17-11-25-7-5-13(17)6-8-25/h1-4,9-10,13,17,26H,5-8,11H2,(H,23,27)(H,21,22,24)/t17-/m0/s1. The van der Waals surface area contributed by atoms with Crippen molar-refractivity contribution in [3.63, 3.8) is 0 Å². The molecule has 1 amide bonds. The molecule has 3 saturated heterocycles. The number of nitrogens with zero attached hydrogens (tertiary/aromatic N) is 3. The van der Waals surface area contributed by atoms with Crippen LogP contribution < -0.4 is 10.1 Å². The molecule has 6 rings (SSSR count). The van der Waals surface area contributed by atoms with Crippen LogP contribution in [-0.4, -0.2) is 57.0 Å². The van der Waals surface area contributed by atoms with Crippen molar-refractivity contribution in [2.24, 2.45) is 5.92 Å². The SMILES string of the molecule is O=C(N[C@H]1CN2CCC1CC2)Oc1cc(-c2ccc(O)cc2)nc2[nH]ncc12. The van der Waals surface area contributed by atoms with Crippen molar-refractivity contribution in [2.75, 3.05) is 19.6 Å². The van der Waals surface area contributed by atoms with Gasteiger partial charge in [0, 0.05) is 24.2 Å². The number of fused-ring (bicyclic) bond motifs is 4. The number of hydrogen-bond donors (Lipinski definition) is 3. The second-order valence-corrected chi connectivity index (χ2v) is 7.46. The van der Waals surface area contributed by atoms with Gasteiger partial charge in [0.1, 0.15) is 11.5 Å². The Balaban J connectivity index is 1.39. The number of rotatable bonds is 3. The molecular formula is C20H21N5O3. The van der Waals surface area contributed by atoms with Crippen molar-refractivity contribution in [3.05, 3.63) is 36.5 Å². The Morgan fingerprint density at radius 2 is 2.04 bits per heavy atom.